The van der Waals surface area contributed by atoms with Gasteiger partial charge in [-0.3, -0.25) is 4.79 Å². The normalized spacial score (nSPS) is 9.74. The van der Waals surface area contributed by atoms with Gasteiger partial charge >= 0.3 is 0 Å². The summed E-state index contributed by atoms with van der Waals surface area (Å²) in [7, 11) is 0. The molecule has 0 aliphatic heterocycles. The third kappa shape index (κ3) is 5.36. The van der Waals surface area contributed by atoms with Gasteiger partial charge in [-0.25, -0.2) is 4.39 Å². The number of nitrogens with one attached hydrogen (secondary N) is 2. The molecule has 0 saturated carbocycles. The molecule has 0 unspecified atom stereocenters. The molecule has 2 N–H and O–H groups in total. The third-order valence-corrected chi connectivity index (χ3v) is 2.31. The Hall–Kier alpha value is -2.13. The van der Waals surface area contributed by atoms with Crippen LogP contribution >= 0.6 is 0 Å². The molecule has 0 aromatic heterocycles. The van der Waals surface area contributed by atoms with Crippen molar-refractivity contribution in [1.29, 1.82) is 5.26 Å². The van der Waals surface area contributed by atoms with Gasteiger partial charge in [0.1, 0.15) is 18.1 Å². The van der Waals surface area contributed by atoms with Crippen LogP contribution in [0.5, 0.6) is 5.75 Å². The SMILES string of the molecule is CCNCc1cc(F)ccc1OCC(=O)NCC#N. The summed E-state index contributed by atoms with van der Waals surface area (Å²) in [6.07, 6.45) is 0. The van der Waals surface area contributed by atoms with Gasteiger partial charge in [-0.05, 0) is 24.7 Å². The smallest absolute Gasteiger partial charge is 0.258 e. The van der Waals surface area contributed by atoms with E-state index in [2.05, 4.69) is 10.6 Å². The predicted octanol–water partition coefficient (Wildman–Crippen LogP) is 0.954. The zero-order valence-electron chi connectivity index (χ0n) is 10.7. The van der Waals surface area contributed by atoms with Crippen molar-refractivity contribution in [2.75, 3.05) is 19.7 Å². The van der Waals surface area contributed by atoms with Gasteiger partial charge in [-0.2, -0.15) is 5.26 Å². The molecular formula is C13H16FN3O2. The molecule has 1 aromatic rings. The Labute approximate surface area is 111 Å². The van der Waals surface area contributed by atoms with Crippen LogP contribution in [0.4, 0.5) is 4.39 Å². The number of halogens is 1. The van der Waals surface area contributed by atoms with E-state index in [1.165, 1.54) is 18.2 Å². The monoisotopic (exact) mass is 265 g/mol. The van der Waals surface area contributed by atoms with E-state index in [-0.39, 0.29) is 24.9 Å². The maximum absolute atomic E-state index is 13.1. The van der Waals surface area contributed by atoms with Crippen LogP contribution in [-0.4, -0.2) is 25.6 Å². The molecule has 0 aliphatic rings. The number of hydrogen-bond acceptors (Lipinski definition) is 4. The lowest BCUT2D eigenvalue weighted by atomic mass is 10.2. The summed E-state index contributed by atoms with van der Waals surface area (Å²) in [5, 5.41) is 13.7. The Morgan fingerprint density at radius 3 is 3.00 bits per heavy atom. The summed E-state index contributed by atoms with van der Waals surface area (Å²) >= 11 is 0. The average molecular weight is 265 g/mol. The molecule has 0 aliphatic carbocycles. The number of carbonyl (C=O) groups is 1. The lowest BCUT2D eigenvalue weighted by Crippen LogP contribution is -2.29. The molecule has 0 fully saturated rings. The van der Waals surface area contributed by atoms with Gasteiger partial charge in [0.2, 0.25) is 0 Å². The largest absolute Gasteiger partial charge is 0.483 e. The molecule has 1 rings (SSSR count). The molecule has 0 radical (unpaired) electrons. The van der Waals surface area contributed by atoms with E-state index in [1.54, 1.807) is 6.07 Å². The van der Waals surface area contributed by atoms with E-state index in [0.717, 1.165) is 6.54 Å². The standard InChI is InChI=1S/C13H16FN3O2/c1-2-16-8-10-7-11(14)3-4-12(10)19-9-13(18)17-6-5-15/h3-4,7,16H,2,6,8-9H2,1H3,(H,17,18). The Morgan fingerprint density at radius 2 is 2.32 bits per heavy atom. The van der Waals surface area contributed by atoms with Gasteiger partial charge in [0.15, 0.2) is 6.61 Å². The van der Waals surface area contributed by atoms with Crippen LogP contribution < -0.4 is 15.4 Å². The second-order valence-corrected chi connectivity index (χ2v) is 3.76. The van der Waals surface area contributed by atoms with Crippen LogP contribution in [-0.2, 0) is 11.3 Å². The van der Waals surface area contributed by atoms with E-state index >= 15 is 0 Å². The molecule has 102 valence electrons. The fourth-order valence-corrected chi connectivity index (χ4v) is 1.42. The Kier molecular flexibility index (Phi) is 6.33. The Morgan fingerprint density at radius 1 is 1.53 bits per heavy atom. The van der Waals surface area contributed by atoms with Gasteiger partial charge in [0.25, 0.3) is 5.91 Å². The second kappa shape index (κ2) is 8.06. The molecule has 0 heterocycles. The number of hydrogen-bond donors (Lipinski definition) is 2. The summed E-state index contributed by atoms with van der Waals surface area (Å²) in [6, 6.07) is 5.92. The highest BCUT2D eigenvalue weighted by atomic mass is 19.1. The number of amides is 1. The van der Waals surface area contributed by atoms with Crippen LogP contribution in [0, 0.1) is 17.1 Å². The van der Waals surface area contributed by atoms with Crippen molar-refractivity contribution < 1.29 is 13.9 Å². The average Bonchev–Trinajstić information content (AvgIpc) is 2.41. The van der Waals surface area contributed by atoms with Gasteiger partial charge in [0.05, 0.1) is 6.07 Å². The molecule has 1 aromatic carbocycles. The highest BCUT2D eigenvalue weighted by Gasteiger charge is 2.07. The summed E-state index contributed by atoms with van der Waals surface area (Å²) in [5.74, 6) is -0.288. The molecule has 5 nitrogen and oxygen atoms in total. The molecule has 0 atom stereocenters. The molecular weight excluding hydrogens is 249 g/mol. The van der Waals surface area contributed by atoms with Crippen molar-refractivity contribution in [3.05, 3.63) is 29.6 Å². The Bertz CT molecular complexity index is 471. The van der Waals surface area contributed by atoms with Crippen molar-refractivity contribution in [2.24, 2.45) is 0 Å². The van der Waals surface area contributed by atoms with Crippen molar-refractivity contribution >= 4 is 5.91 Å². The molecule has 1 amide bonds. The minimum Gasteiger partial charge on any atom is -0.483 e. The van der Waals surface area contributed by atoms with Crippen LogP contribution in [0.3, 0.4) is 0 Å². The zero-order valence-corrected chi connectivity index (χ0v) is 10.7. The molecule has 0 bridgehead atoms. The maximum atomic E-state index is 13.1. The Balaban J connectivity index is 2.61. The van der Waals surface area contributed by atoms with Crippen molar-refractivity contribution in [3.63, 3.8) is 0 Å². The minimum absolute atomic E-state index is 0.0597. The lowest BCUT2D eigenvalue weighted by molar-refractivity contribution is -0.122. The molecule has 0 saturated heterocycles. The summed E-state index contributed by atoms with van der Waals surface area (Å²) in [4.78, 5) is 11.3. The van der Waals surface area contributed by atoms with Crippen molar-refractivity contribution in [3.8, 4) is 11.8 Å². The van der Waals surface area contributed by atoms with Crippen LogP contribution in [0.15, 0.2) is 18.2 Å². The minimum atomic E-state index is -0.389. The van der Waals surface area contributed by atoms with Crippen molar-refractivity contribution in [1.82, 2.24) is 10.6 Å². The van der Waals surface area contributed by atoms with E-state index in [1.807, 2.05) is 6.92 Å². The number of nitrogens with zero attached hydrogens (tertiary/aromatic N) is 1. The molecule has 0 spiro atoms. The van der Waals surface area contributed by atoms with E-state index in [4.69, 9.17) is 10.00 Å². The van der Waals surface area contributed by atoms with Crippen LogP contribution in [0.1, 0.15) is 12.5 Å². The van der Waals surface area contributed by atoms with Gasteiger partial charge in [0, 0.05) is 12.1 Å². The highest BCUT2D eigenvalue weighted by molar-refractivity contribution is 5.77. The molecule has 6 heteroatoms. The third-order valence-electron chi connectivity index (χ3n) is 2.31. The quantitative estimate of drug-likeness (QED) is 0.720. The summed E-state index contributed by atoms with van der Waals surface area (Å²) in [5.41, 5.74) is 0.648. The van der Waals surface area contributed by atoms with E-state index < -0.39 is 0 Å². The first-order valence-corrected chi connectivity index (χ1v) is 5.93. The van der Waals surface area contributed by atoms with Gasteiger partial charge in [-0.15, -0.1) is 0 Å². The maximum Gasteiger partial charge on any atom is 0.258 e. The first kappa shape index (κ1) is 14.9. The predicted molar refractivity (Wildman–Crippen MR) is 67.9 cm³/mol. The van der Waals surface area contributed by atoms with Crippen molar-refractivity contribution in [2.45, 2.75) is 13.5 Å². The fraction of sp³-hybridized carbons (Fsp3) is 0.385. The summed E-state index contributed by atoms with van der Waals surface area (Å²) in [6.45, 7) is 2.89. The first-order valence-electron chi connectivity index (χ1n) is 5.93. The van der Waals surface area contributed by atoms with Gasteiger partial charge in [-0.1, -0.05) is 6.92 Å². The van der Waals surface area contributed by atoms with Crippen LogP contribution in [0.2, 0.25) is 0 Å². The van der Waals surface area contributed by atoms with E-state index in [0.29, 0.717) is 17.9 Å². The van der Waals surface area contributed by atoms with E-state index in [9.17, 15) is 9.18 Å². The second-order valence-electron chi connectivity index (χ2n) is 3.76. The number of carbonyl (C=O) groups excluding carboxylic acids is 1. The first-order chi connectivity index (χ1) is 9.17. The lowest BCUT2D eigenvalue weighted by Gasteiger charge is -2.11. The topological polar surface area (TPSA) is 74.2 Å². The van der Waals surface area contributed by atoms with Gasteiger partial charge < -0.3 is 15.4 Å². The highest BCUT2D eigenvalue weighted by Crippen LogP contribution is 2.19. The fourth-order valence-electron chi connectivity index (χ4n) is 1.42. The number of benzene rings is 1. The molecule has 19 heavy (non-hydrogen) atoms. The summed E-state index contributed by atoms with van der Waals surface area (Å²) < 4.78 is 18.5. The zero-order chi connectivity index (χ0) is 14.1. The number of ether oxygens (including phenoxy) is 1. The number of nitriles is 1. The number of rotatable bonds is 7. The van der Waals surface area contributed by atoms with Crippen LogP contribution in [0.25, 0.3) is 0 Å².